The largest absolute Gasteiger partial charge is 0.449 e. The fraction of sp³-hybridized carbons (Fsp3) is 0.240. The van der Waals surface area contributed by atoms with Crippen LogP contribution in [0, 0.1) is 0 Å². The Kier molecular flexibility index (Phi) is 6.60. The van der Waals surface area contributed by atoms with Crippen LogP contribution in [0.2, 0.25) is 0 Å². The Hall–Kier alpha value is -3.76. The molecule has 2 aliphatic rings. The van der Waals surface area contributed by atoms with Crippen molar-refractivity contribution in [3.63, 3.8) is 0 Å². The van der Waals surface area contributed by atoms with Gasteiger partial charge >= 0.3 is 12.0 Å². The zero-order valence-electron chi connectivity index (χ0n) is 18.1. The molecule has 1 fully saturated rings. The van der Waals surface area contributed by atoms with Gasteiger partial charge in [-0.1, -0.05) is 31.7 Å². The molecule has 182 valence electrons. The molecule has 1 saturated heterocycles. The molecule has 3 aromatic rings. The van der Waals surface area contributed by atoms with Crippen LogP contribution in [-0.2, 0) is 26.9 Å². The minimum Gasteiger partial charge on any atom is -0.449 e. The van der Waals surface area contributed by atoms with Crippen LogP contribution in [0.1, 0.15) is 35.3 Å². The standard InChI is InChI=1S/C24H22N4O5S.CH4/c29-22-20-5-1-2-6-21(20)24(33-22)11-13-28(16-24)34(31,32)19-9-7-18(8-10-19)27-23(30)26-15-17-4-3-12-25-14-17;/h1-10,12,14H,11,13,15-16H2,(H2,26,27,30);1H4/t24-;/m0./s1. The predicted molar refractivity (Wildman–Crippen MR) is 130 cm³/mol. The van der Waals surface area contributed by atoms with E-state index >= 15 is 0 Å². The Morgan fingerprint density at radius 3 is 2.60 bits per heavy atom. The summed E-state index contributed by atoms with van der Waals surface area (Å²) in [4.78, 5) is 28.5. The number of fused-ring (bicyclic) bond motifs is 2. The van der Waals surface area contributed by atoms with Crippen molar-refractivity contribution in [2.45, 2.75) is 30.9 Å². The van der Waals surface area contributed by atoms with Gasteiger partial charge in [0.15, 0.2) is 5.60 Å². The number of ether oxygens (including phenoxy) is 1. The van der Waals surface area contributed by atoms with Gasteiger partial charge < -0.3 is 15.4 Å². The first kappa shape index (κ1) is 24.4. The van der Waals surface area contributed by atoms with Crippen LogP contribution in [0.25, 0.3) is 0 Å². The molecule has 0 saturated carbocycles. The van der Waals surface area contributed by atoms with E-state index in [2.05, 4.69) is 15.6 Å². The van der Waals surface area contributed by atoms with E-state index in [1.807, 2.05) is 18.2 Å². The first-order valence-electron chi connectivity index (χ1n) is 10.7. The quantitative estimate of drug-likeness (QED) is 0.524. The van der Waals surface area contributed by atoms with E-state index in [4.69, 9.17) is 4.74 Å². The molecule has 1 aromatic heterocycles. The lowest BCUT2D eigenvalue weighted by Gasteiger charge is -2.24. The van der Waals surface area contributed by atoms with E-state index in [0.29, 0.717) is 24.2 Å². The fourth-order valence-corrected chi connectivity index (χ4v) is 5.81. The summed E-state index contributed by atoms with van der Waals surface area (Å²) in [5, 5.41) is 5.40. The maximum absolute atomic E-state index is 13.2. The van der Waals surface area contributed by atoms with Gasteiger partial charge in [0.2, 0.25) is 10.0 Å². The second-order valence-corrected chi connectivity index (χ2v) is 10.1. The smallest absolute Gasteiger partial charge is 0.339 e. The Morgan fingerprint density at radius 1 is 1.09 bits per heavy atom. The van der Waals surface area contributed by atoms with Gasteiger partial charge in [0.05, 0.1) is 17.0 Å². The van der Waals surface area contributed by atoms with Gasteiger partial charge in [-0.05, 0) is 42.0 Å². The van der Waals surface area contributed by atoms with Crippen molar-refractivity contribution in [2.75, 3.05) is 18.4 Å². The molecule has 2 aliphatic heterocycles. The summed E-state index contributed by atoms with van der Waals surface area (Å²) in [6.45, 7) is 0.617. The molecule has 2 aromatic carbocycles. The van der Waals surface area contributed by atoms with E-state index < -0.39 is 27.6 Å². The topological polar surface area (TPSA) is 118 Å². The van der Waals surface area contributed by atoms with E-state index in [1.54, 1.807) is 30.6 Å². The van der Waals surface area contributed by atoms with Crippen molar-refractivity contribution >= 4 is 27.7 Å². The van der Waals surface area contributed by atoms with Gasteiger partial charge in [0, 0.05) is 43.2 Å². The van der Waals surface area contributed by atoms with Crippen molar-refractivity contribution in [3.05, 3.63) is 89.7 Å². The highest BCUT2D eigenvalue weighted by molar-refractivity contribution is 7.89. The predicted octanol–water partition coefficient (Wildman–Crippen LogP) is 3.50. The highest BCUT2D eigenvalue weighted by Gasteiger charge is 2.52. The number of nitrogens with zero attached hydrogens (tertiary/aromatic N) is 2. The highest BCUT2D eigenvalue weighted by atomic mass is 32.2. The fourth-order valence-electron chi connectivity index (χ4n) is 4.32. The molecule has 5 rings (SSSR count). The molecule has 2 N–H and O–H groups in total. The van der Waals surface area contributed by atoms with Crippen molar-refractivity contribution in [1.29, 1.82) is 0 Å². The number of hydrogen-bond donors (Lipinski definition) is 2. The molecule has 0 bridgehead atoms. The molecule has 0 aliphatic carbocycles. The Morgan fingerprint density at radius 2 is 1.86 bits per heavy atom. The Labute approximate surface area is 204 Å². The minimum absolute atomic E-state index is 0. The van der Waals surface area contributed by atoms with Crippen LogP contribution in [0.4, 0.5) is 10.5 Å². The van der Waals surface area contributed by atoms with Crippen LogP contribution in [0.15, 0.2) is 78.0 Å². The molecule has 0 radical (unpaired) electrons. The molecule has 35 heavy (non-hydrogen) atoms. The maximum atomic E-state index is 13.2. The Balaban J connectivity index is 0.00000289. The number of nitrogens with one attached hydrogen (secondary N) is 2. The van der Waals surface area contributed by atoms with Gasteiger partial charge in [0.1, 0.15) is 0 Å². The number of aromatic nitrogens is 1. The van der Waals surface area contributed by atoms with E-state index in [0.717, 1.165) is 11.1 Å². The number of rotatable bonds is 5. The number of benzene rings is 2. The summed E-state index contributed by atoms with van der Waals surface area (Å²) < 4.78 is 33.5. The van der Waals surface area contributed by atoms with Gasteiger partial charge in [0.25, 0.3) is 0 Å². The lowest BCUT2D eigenvalue weighted by Crippen LogP contribution is -2.34. The summed E-state index contributed by atoms with van der Waals surface area (Å²) in [6, 6.07) is 16.3. The summed E-state index contributed by atoms with van der Waals surface area (Å²) in [7, 11) is -3.81. The summed E-state index contributed by atoms with van der Waals surface area (Å²) >= 11 is 0. The third kappa shape index (κ3) is 4.62. The SMILES string of the molecule is C.O=C(NCc1cccnc1)Nc1ccc(S(=O)(=O)N2CC[C@@]3(C2)OC(=O)c2ccccc23)cc1. The van der Waals surface area contributed by atoms with E-state index in [9.17, 15) is 18.0 Å². The zero-order chi connectivity index (χ0) is 23.8. The molecule has 9 nitrogen and oxygen atoms in total. The molecule has 1 spiro atoms. The third-order valence-corrected chi connectivity index (χ3v) is 7.91. The Bertz CT molecular complexity index is 1350. The average molecular weight is 495 g/mol. The van der Waals surface area contributed by atoms with Gasteiger partial charge in [-0.15, -0.1) is 0 Å². The molecule has 2 amide bonds. The normalized spacial score (nSPS) is 19.0. The number of urea groups is 1. The summed E-state index contributed by atoms with van der Waals surface area (Å²) in [5.41, 5.74) is 1.58. The molecule has 3 heterocycles. The number of carbonyl (C=O) groups excluding carboxylic acids is 2. The van der Waals surface area contributed by atoms with Gasteiger partial charge in [-0.3, -0.25) is 4.98 Å². The monoisotopic (exact) mass is 494 g/mol. The molecular weight excluding hydrogens is 468 g/mol. The number of anilines is 1. The van der Waals surface area contributed by atoms with Crippen LogP contribution < -0.4 is 10.6 Å². The first-order valence-corrected chi connectivity index (χ1v) is 12.2. The molecular formula is C25H26N4O5S. The number of hydrogen-bond acceptors (Lipinski definition) is 6. The second-order valence-electron chi connectivity index (χ2n) is 8.21. The number of amides is 2. The van der Waals surface area contributed by atoms with Crippen molar-refractivity contribution in [2.24, 2.45) is 0 Å². The summed E-state index contributed by atoms with van der Waals surface area (Å²) in [5.74, 6) is -0.424. The van der Waals surface area contributed by atoms with Gasteiger partial charge in [-0.2, -0.15) is 4.31 Å². The van der Waals surface area contributed by atoms with E-state index in [-0.39, 0.29) is 25.4 Å². The highest BCUT2D eigenvalue weighted by Crippen LogP contribution is 2.44. The third-order valence-electron chi connectivity index (χ3n) is 6.05. The molecule has 10 heteroatoms. The zero-order valence-corrected chi connectivity index (χ0v) is 18.9. The number of esters is 1. The van der Waals surface area contributed by atoms with Crippen LogP contribution in [-0.4, -0.2) is 42.8 Å². The van der Waals surface area contributed by atoms with E-state index in [1.165, 1.54) is 28.6 Å². The molecule has 1 atom stereocenters. The van der Waals surface area contributed by atoms with Crippen molar-refractivity contribution in [3.8, 4) is 0 Å². The lowest BCUT2D eigenvalue weighted by atomic mass is 9.92. The first-order chi connectivity index (χ1) is 16.4. The maximum Gasteiger partial charge on any atom is 0.339 e. The lowest BCUT2D eigenvalue weighted by molar-refractivity contribution is -0.000665. The number of carbonyl (C=O) groups is 2. The number of pyridine rings is 1. The minimum atomic E-state index is -3.81. The summed E-state index contributed by atoms with van der Waals surface area (Å²) in [6.07, 6.45) is 3.71. The van der Waals surface area contributed by atoms with Crippen molar-refractivity contribution in [1.82, 2.24) is 14.6 Å². The van der Waals surface area contributed by atoms with Gasteiger partial charge in [-0.25, -0.2) is 18.0 Å². The van der Waals surface area contributed by atoms with Crippen LogP contribution in [0.3, 0.4) is 0 Å². The van der Waals surface area contributed by atoms with Crippen LogP contribution >= 0.6 is 0 Å². The van der Waals surface area contributed by atoms with Crippen LogP contribution in [0.5, 0.6) is 0 Å². The average Bonchev–Trinajstić information content (AvgIpc) is 3.41. The molecule has 0 unspecified atom stereocenters. The van der Waals surface area contributed by atoms with Crippen molar-refractivity contribution < 1.29 is 22.7 Å². The number of sulfonamides is 1. The second kappa shape index (κ2) is 9.47.